The molecule has 106 valence electrons. The molecule has 3 nitrogen and oxygen atoms in total. The predicted octanol–water partition coefficient (Wildman–Crippen LogP) is 4.28. The van der Waals surface area contributed by atoms with Crippen molar-refractivity contribution < 1.29 is 4.74 Å². The van der Waals surface area contributed by atoms with Crippen molar-refractivity contribution in [2.24, 2.45) is 5.73 Å². The van der Waals surface area contributed by atoms with Gasteiger partial charge in [-0.1, -0.05) is 44.5 Å². The minimum Gasteiger partial charge on any atom is -0.438 e. The van der Waals surface area contributed by atoms with Crippen molar-refractivity contribution in [3.05, 3.63) is 52.7 Å². The van der Waals surface area contributed by atoms with Gasteiger partial charge in [0.25, 0.3) is 0 Å². The molecule has 20 heavy (non-hydrogen) atoms. The molecule has 1 heterocycles. The number of aromatic nitrogens is 1. The van der Waals surface area contributed by atoms with Gasteiger partial charge in [0, 0.05) is 12.7 Å². The molecule has 0 saturated carbocycles. The van der Waals surface area contributed by atoms with Crippen LogP contribution in [0.5, 0.6) is 11.6 Å². The Morgan fingerprint density at radius 1 is 1.25 bits per heavy atom. The van der Waals surface area contributed by atoms with Gasteiger partial charge in [0.1, 0.15) is 10.8 Å². The summed E-state index contributed by atoms with van der Waals surface area (Å²) in [6.45, 7) is 6.89. The predicted molar refractivity (Wildman–Crippen MR) is 82.4 cm³/mol. The lowest BCUT2D eigenvalue weighted by molar-refractivity contribution is 0.459. The molecule has 4 heteroatoms. The van der Waals surface area contributed by atoms with E-state index in [1.807, 2.05) is 18.2 Å². The molecule has 2 aromatic rings. The third-order valence-electron chi connectivity index (χ3n) is 3.01. The van der Waals surface area contributed by atoms with E-state index in [9.17, 15) is 0 Å². The Morgan fingerprint density at radius 3 is 2.60 bits per heavy atom. The Kier molecular flexibility index (Phi) is 4.31. The summed E-state index contributed by atoms with van der Waals surface area (Å²) in [5.74, 6) is 1.13. The molecule has 0 aliphatic rings. The number of benzene rings is 1. The highest BCUT2D eigenvalue weighted by Crippen LogP contribution is 2.30. The second kappa shape index (κ2) is 5.81. The van der Waals surface area contributed by atoms with Crippen LogP contribution in [0.3, 0.4) is 0 Å². The Bertz CT molecular complexity index is 606. The van der Waals surface area contributed by atoms with Gasteiger partial charge in [0.2, 0.25) is 5.88 Å². The van der Waals surface area contributed by atoms with Crippen LogP contribution < -0.4 is 10.5 Å². The summed E-state index contributed by atoms with van der Waals surface area (Å²) in [6, 6.07) is 9.73. The fourth-order valence-corrected chi connectivity index (χ4v) is 2.02. The Morgan fingerprint density at radius 2 is 2.00 bits per heavy atom. The van der Waals surface area contributed by atoms with Crippen molar-refractivity contribution >= 4 is 11.6 Å². The summed E-state index contributed by atoms with van der Waals surface area (Å²) >= 11 is 6.14. The number of hydrogen-bond acceptors (Lipinski definition) is 3. The molecule has 0 radical (unpaired) electrons. The van der Waals surface area contributed by atoms with Crippen molar-refractivity contribution in [2.75, 3.05) is 0 Å². The van der Waals surface area contributed by atoms with Gasteiger partial charge in [-0.2, -0.15) is 0 Å². The van der Waals surface area contributed by atoms with Gasteiger partial charge in [0.15, 0.2) is 0 Å². The van der Waals surface area contributed by atoms with Crippen molar-refractivity contribution in [1.82, 2.24) is 4.98 Å². The molecule has 0 saturated heterocycles. The molecule has 0 aliphatic carbocycles. The van der Waals surface area contributed by atoms with Crippen molar-refractivity contribution in [1.29, 1.82) is 0 Å². The monoisotopic (exact) mass is 290 g/mol. The topological polar surface area (TPSA) is 48.1 Å². The van der Waals surface area contributed by atoms with Crippen LogP contribution in [0.25, 0.3) is 0 Å². The van der Waals surface area contributed by atoms with Gasteiger partial charge in [-0.15, -0.1) is 0 Å². The molecule has 2 N–H and O–H groups in total. The SMILES string of the molecule is CC(C)(C)c1cccc(Oc2ncc(CN)cc2Cl)c1. The highest BCUT2D eigenvalue weighted by atomic mass is 35.5. The van der Waals surface area contributed by atoms with Gasteiger partial charge in [-0.05, 0) is 34.7 Å². The molecule has 0 atom stereocenters. The summed E-state index contributed by atoms with van der Waals surface area (Å²) in [6.07, 6.45) is 1.68. The van der Waals surface area contributed by atoms with Crippen LogP contribution in [0, 0.1) is 0 Å². The molecule has 0 bridgehead atoms. The largest absolute Gasteiger partial charge is 0.438 e. The molecule has 0 spiro atoms. The Hall–Kier alpha value is -1.58. The normalized spacial score (nSPS) is 11.4. The van der Waals surface area contributed by atoms with E-state index in [1.54, 1.807) is 12.3 Å². The van der Waals surface area contributed by atoms with E-state index in [-0.39, 0.29) is 5.41 Å². The van der Waals surface area contributed by atoms with Crippen LogP contribution in [0.4, 0.5) is 0 Å². The van der Waals surface area contributed by atoms with Crippen molar-refractivity contribution in [2.45, 2.75) is 32.7 Å². The average molecular weight is 291 g/mol. The number of pyridine rings is 1. The molecule has 0 aliphatic heterocycles. The van der Waals surface area contributed by atoms with E-state index >= 15 is 0 Å². The number of nitrogens with two attached hydrogens (primary N) is 1. The molecule has 0 fully saturated rings. The fourth-order valence-electron chi connectivity index (χ4n) is 1.79. The lowest BCUT2D eigenvalue weighted by Gasteiger charge is -2.19. The van der Waals surface area contributed by atoms with Crippen LogP contribution in [-0.2, 0) is 12.0 Å². The summed E-state index contributed by atoms with van der Waals surface area (Å²) in [4.78, 5) is 4.20. The third kappa shape index (κ3) is 3.50. The van der Waals surface area contributed by atoms with E-state index < -0.39 is 0 Å². The van der Waals surface area contributed by atoms with Gasteiger partial charge >= 0.3 is 0 Å². The second-order valence-electron chi connectivity index (χ2n) is 5.71. The zero-order valence-electron chi connectivity index (χ0n) is 12.0. The number of nitrogens with zero attached hydrogens (tertiary/aromatic N) is 1. The molecule has 0 amide bonds. The van der Waals surface area contributed by atoms with E-state index in [0.717, 1.165) is 11.3 Å². The Labute approximate surface area is 124 Å². The van der Waals surface area contributed by atoms with Gasteiger partial charge < -0.3 is 10.5 Å². The first-order valence-corrected chi connectivity index (χ1v) is 6.91. The quantitative estimate of drug-likeness (QED) is 0.917. The Balaban J connectivity index is 2.26. The lowest BCUT2D eigenvalue weighted by atomic mass is 9.87. The summed E-state index contributed by atoms with van der Waals surface area (Å²) in [5.41, 5.74) is 7.70. The molecule has 0 unspecified atom stereocenters. The molecular weight excluding hydrogens is 272 g/mol. The first-order chi connectivity index (χ1) is 9.40. The maximum Gasteiger partial charge on any atom is 0.238 e. The number of rotatable bonds is 3. The molecule has 2 rings (SSSR count). The highest BCUT2D eigenvalue weighted by Gasteiger charge is 2.14. The standard InChI is InChI=1S/C16H19ClN2O/c1-16(2,3)12-5-4-6-13(8-12)20-15-14(17)7-11(9-18)10-19-15/h4-8,10H,9,18H2,1-3H3. The lowest BCUT2D eigenvalue weighted by Crippen LogP contribution is -2.10. The van der Waals surface area contributed by atoms with E-state index in [1.165, 1.54) is 5.56 Å². The zero-order valence-corrected chi connectivity index (χ0v) is 12.7. The van der Waals surface area contributed by atoms with Crippen molar-refractivity contribution in [3.63, 3.8) is 0 Å². The number of halogens is 1. The molecular formula is C16H19ClN2O. The molecule has 1 aromatic heterocycles. The zero-order chi connectivity index (χ0) is 14.8. The first-order valence-electron chi connectivity index (χ1n) is 6.53. The van der Waals surface area contributed by atoms with Crippen molar-refractivity contribution in [3.8, 4) is 11.6 Å². The van der Waals surface area contributed by atoms with Crippen LogP contribution in [-0.4, -0.2) is 4.98 Å². The highest BCUT2D eigenvalue weighted by molar-refractivity contribution is 6.31. The van der Waals surface area contributed by atoms with Gasteiger partial charge in [-0.25, -0.2) is 4.98 Å². The average Bonchev–Trinajstić information content (AvgIpc) is 2.40. The van der Waals surface area contributed by atoms with E-state index in [2.05, 4.69) is 31.8 Å². The fraction of sp³-hybridized carbons (Fsp3) is 0.312. The maximum atomic E-state index is 6.14. The maximum absolute atomic E-state index is 6.14. The van der Waals surface area contributed by atoms with Crippen LogP contribution in [0.15, 0.2) is 36.5 Å². The number of hydrogen-bond donors (Lipinski definition) is 1. The van der Waals surface area contributed by atoms with Gasteiger partial charge in [0.05, 0.1) is 0 Å². The second-order valence-corrected chi connectivity index (χ2v) is 6.12. The minimum absolute atomic E-state index is 0.0694. The van der Waals surface area contributed by atoms with Crippen LogP contribution >= 0.6 is 11.6 Å². The van der Waals surface area contributed by atoms with Crippen LogP contribution in [0.1, 0.15) is 31.9 Å². The smallest absolute Gasteiger partial charge is 0.238 e. The number of ether oxygens (including phenoxy) is 1. The van der Waals surface area contributed by atoms with Gasteiger partial charge in [-0.3, -0.25) is 0 Å². The third-order valence-corrected chi connectivity index (χ3v) is 3.29. The summed E-state index contributed by atoms with van der Waals surface area (Å²) in [7, 11) is 0. The van der Waals surface area contributed by atoms with E-state index in [0.29, 0.717) is 17.4 Å². The summed E-state index contributed by atoms with van der Waals surface area (Å²) < 4.78 is 5.76. The first kappa shape index (κ1) is 14.8. The molecule has 1 aromatic carbocycles. The van der Waals surface area contributed by atoms with E-state index in [4.69, 9.17) is 22.1 Å². The minimum atomic E-state index is 0.0694. The summed E-state index contributed by atoms with van der Waals surface area (Å²) in [5, 5.41) is 0.467. The van der Waals surface area contributed by atoms with Crippen LogP contribution in [0.2, 0.25) is 5.02 Å².